The molecule has 1 saturated heterocycles. The van der Waals surface area contributed by atoms with E-state index in [2.05, 4.69) is 25.3 Å². The Morgan fingerprint density at radius 1 is 1.15 bits per heavy atom. The molecule has 1 aliphatic rings. The van der Waals surface area contributed by atoms with E-state index in [-0.39, 0.29) is 22.4 Å². The average molecular weight is 489 g/mol. The van der Waals surface area contributed by atoms with Gasteiger partial charge >= 0.3 is 0 Å². The Hall–Kier alpha value is -2.82. The van der Waals surface area contributed by atoms with E-state index in [4.69, 9.17) is 0 Å². The minimum Gasteiger partial charge on any atom is -0.326 e. The number of nitrogens with zero attached hydrogens (tertiary/aromatic N) is 2. The summed E-state index contributed by atoms with van der Waals surface area (Å²) in [6, 6.07) is 11.2. The van der Waals surface area contributed by atoms with E-state index in [0.717, 1.165) is 49.2 Å². The molecule has 0 atom stereocenters. The van der Waals surface area contributed by atoms with E-state index < -0.39 is 15.8 Å². The van der Waals surface area contributed by atoms with Crippen LogP contribution in [0.5, 0.6) is 0 Å². The van der Waals surface area contributed by atoms with Crippen LogP contribution < -0.4 is 10.0 Å². The zero-order valence-electron chi connectivity index (χ0n) is 18.1. The van der Waals surface area contributed by atoms with Gasteiger partial charge in [-0.1, -0.05) is 6.07 Å². The van der Waals surface area contributed by atoms with Crippen molar-refractivity contribution < 1.29 is 17.6 Å². The van der Waals surface area contributed by atoms with E-state index in [9.17, 15) is 17.6 Å². The molecule has 1 fully saturated rings. The molecule has 2 heterocycles. The number of piperidine rings is 1. The number of sulfonamides is 1. The molecule has 174 valence electrons. The minimum atomic E-state index is -3.87. The predicted molar refractivity (Wildman–Crippen MR) is 127 cm³/mol. The number of benzene rings is 2. The summed E-state index contributed by atoms with van der Waals surface area (Å²) >= 11 is 1.64. The molecule has 10 heteroatoms. The standard InChI is InChI=1S/C23H25FN4O3S2/c1-16-25-21(15-32-16)14-28-11-9-17(10-12-28)23(29)26-19-5-7-22(8-6-19)33(30,31)27-20-4-2-3-18(24)13-20/h2-8,13,15,17,27H,9-12,14H2,1H3,(H,26,29). The predicted octanol–water partition coefficient (Wildman–Crippen LogP) is 4.24. The van der Waals surface area contributed by atoms with E-state index in [0.29, 0.717) is 5.69 Å². The number of rotatable bonds is 7. The molecule has 3 aromatic rings. The maximum absolute atomic E-state index is 13.3. The zero-order chi connectivity index (χ0) is 23.4. The monoisotopic (exact) mass is 488 g/mol. The van der Waals surface area contributed by atoms with Crippen LogP contribution in [0.2, 0.25) is 0 Å². The third-order valence-corrected chi connectivity index (χ3v) is 7.74. The van der Waals surface area contributed by atoms with Gasteiger partial charge in [0.15, 0.2) is 0 Å². The first-order valence-electron chi connectivity index (χ1n) is 10.6. The van der Waals surface area contributed by atoms with Gasteiger partial charge in [-0.05, 0) is 75.3 Å². The highest BCUT2D eigenvalue weighted by molar-refractivity contribution is 7.92. The molecule has 0 radical (unpaired) electrons. The molecular formula is C23H25FN4O3S2. The Labute approximate surface area is 196 Å². The lowest BCUT2D eigenvalue weighted by Gasteiger charge is -2.30. The number of halogens is 1. The number of carbonyl (C=O) groups is 1. The summed E-state index contributed by atoms with van der Waals surface area (Å²) in [6.07, 6.45) is 1.53. The van der Waals surface area contributed by atoms with Crippen molar-refractivity contribution in [3.63, 3.8) is 0 Å². The molecule has 7 nitrogen and oxygen atoms in total. The molecule has 4 rings (SSSR count). The Morgan fingerprint density at radius 2 is 1.88 bits per heavy atom. The number of aryl methyl sites for hydroxylation is 1. The quantitative estimate of drug-likeness (QED) is 0.519. The first-order valence-corrected chi connectivity index (χ1v) is 13.0. The number of amides is 1. The van der Waals surface area contributed by atoms with Crippen LogP contribution in [-0.4, -0.2) is 37.3 Å². The molecule has 0 bridgehead atoms. The molecule has 33 heavy (non-hydrogen) atoms. The zero-order valence-corrected chi connectivity index (χ0v) is 19.8. The van der Waals surface area contributed by atoms with Crippen LogP contribution in [-0.2, 0) is 21.4 Å². The van der Waals surface area contributed by atoms with Gasteiger partial charge in [-0.3, -0.25) is 14.4 Å². The molecular weight excluding hydrogens is 463 g/mol. The van der Waals surface area contributed by atoms with E-state index >= 15 is 0 Å². The van der Waals surface area contributed by atoms with E-state index in [1.165, 1.54) is 30.3 Å². The Balaban J connectivity index is 1.30. The van der Waals surface area contributed by atoms with Crippen molar-refractivity contribution in [3.05, 3.63) is 70.4 Å². The maximum atomic E-state index is 13.3. The third kappa shape index (κ3) is 6.16. The first-order chi connectivity index (χ1) is 15.8. The number of anilines is 2. The lowest BCUT2D eigenvalue weighted by atomic mass is 9.95. The number of hydrogen-bond acceptors (Lipinski definition) is 6. The highest BCUT2D eigenvalue weighted by Crippen LogP contribution is 2.23. The van der Waals surface area contributed by atoms with Crippen LogP contribution in [0.4, 0.5) is 15.8 Å². The van der Waals surface area contributed by atoms with Crippen molar-refractivity contribution in [1.29, 1.82) is 0 Å². The minimum absolute atomic E-state index is 0.0235. The summed E-state index contributed by atoms with van der Waals surface area (Å²) in [5.74, 6) is -0.679. The summed E-state index contributed by atoms with van der Waals surface area (Å²) < 4.78 is 40.7. The number of hydrogen-bond donors (Lipinski definition) is 2. The summed E-state index contributed by atoms with van der Waals surface area (Å²) in [6.45, 7) is 4.46. The van der Waals surface area contributed by atoms with Crippen LogP contribution in [0.25, 0.3) is 0 Å². The van der Waals surface area contributed by atoms with Crippen molar-refractivity contribution in [1.82, 2.24) is 9.88 Å². The van der Waals surface area contributed by atoms with E-state index in [1.807, 2.05) is 6.92 Å². The van der Waals surface area contributed by atoms with Gasteiger partial charge in [-0.25, -0.2) is 17.8 Å². The fourth-order valence-corrected chi connectivity index (χ4v) is 5.44. The summed E-state index contributed by atoms with van der Waals surface area (Å²) in [7, 11) is -3.87. The molecule has 0 saturated carbocycles. The SMILES string of the molecule is Cc1nc(CN2CCC(C(=O)Nc3ccc(S(=O)(=O)Nc4cccc(F)c4)cc3)CC2)cs1. The fourth-order valence-electron chi connectivity index (χ4n) is 3.79. The number of nitrogens with one attached hydrogen (secondary N) is 2. The molecule has 1 amide bonds. The average Bonchev–Trinajstić information content (AvgIpc) is 3.19. The van der Waals surface area contributed by atoms with Gasteiger partial charge < -0.3 is 5.32 Å². The smallest absolute Gasteiger partial charge is 0.261 e. The molecule has 1 aliphatic heterocycles. The topological polar surface area (TPSA) is 91.4 Å². The molecule has 1 aromatic heterocycles. The lowest BCUT2D eigenvalue weighted by Crippen LogP contribution is -2.37. The van der Waals surface area contributed by atoms with Gasteiger partial charge in [0.1, 0.15) is 5.82 Å². The number of carbonyl (C=O) groups excluding carboxylic acids is 1. The number of likely N-dealkylation sites (tertiary alicyclic amines) is 1. The van der Waals surface area contributed by atoms with Crippen molar-refractivity contribution in [2.75, 3.05) is 23.1 Å². The van der Waals surface area contributed by atoms with Crippen LogP contribution >= 0.6 is 11.3 Å². The summed E-state index contributed by atoms with van der Waals surface area (Å²) in [4.78, 5) is 19.5. The first kappa shape index (κ1) is 23.3. The van der Waals surface area contributed by atoms with Crippen molar-refractivity contribution in [2.45, 2.75) is 31.2 Å². The van der Waals surface area contributed by atoms with Gasteiger partial charge in [0, 0.05) is 23.5 Å². The van der Waals surface area contributed by atoms with Gasteiger partial charge in [0.2, 0.25) is 5.91 Å². The number of aromatic nitrogens is 1. The molecule has 2 N–H and O–H groups in total. The third-order valence-electron chi connectivity index (χ3n) is 5.52. The second-order valence-electron chi connectivity index (χ2n) is 8.04. The van der Waals surface area contributed by atoms with Gasteiger partial charge in [-0.15, -0.1) is 11.3 Å². The van der Waals surface area contributed by atoms with Crippen LogP contribution in [0.3, 0.4) is 0 Å². The fraction of sp³-hybridized carbons (Fsp3) is 0.304. The van der Waals surface area contributed by atoms with Gasteiger partial charge in [0.25, 0.3) is 10.0 Å². The van der Waals surface area contributed by atoms with Crippen LogP contribution in [0, 0.1) is 18.7 Å². The number of thiazole rings is 1. The summed E-state index contributed by atoms with van der Waals surface area (Å²) in [5, 5.41) is 6.02. The van der Waals surface area contributed by atoms with Gasteiger partial charge in [0.05, 0.1) is 21.3 Å². The second-order valence-corrected chi connectivity index (χ2v) is 10.8. The largest absolute Gasteiger partial charge is 0.326 e. The van der Waals surface area contributed by atoms with Crippen molar-refractivity contribution in [3.8, 4) is 0 Å². The van der Waals surface area contributed by atoms with Crippen molar-refractivity contribution >= 4 is 38.6 Å². The Bertz CT molecular complexity index is 1220. The molecule has 0 unspecified atom stereocenters. The van der Waals surface area contributed by atoms with Crippen LogP contribution in [0.1, 0.15) is 23.5 Å². The Kier molecular flexibility index (Phi) is 7.06. The van der Waals surface area contributed by atoms with Crippen molar-refractivity contribution in [2.24, 2.45) is 5.92 Å². The molecule has 2 aromatic carbocycles. The normalized spacial score (nSPS) is 15.3. The maximum Gasteiger partial charge on any atom is 0.261 e. The van der Waals surface area contributed by atoms with Crippen LogP contribution in [0.15, 0.2) is 58.8 Å². The molecule has 0 spiro atoms. The Morgan fingerprint density at radius 3 is 2.52 bits per heavy atom. The summed E-state index contributed by atoms with van der Waals surface area (Å²) in [5.41, 5.74) is 1.75. The van der Waals surface area contributed by atoms with Gasteiger partial charge in [-0.2, -0.15) is 0 Å². The molecule has 0 aliphatic carbocycles. The lowest BCUT2D eigenvalue weighted by molar-refractivity contribution is -0.121. The highest BCUT2D eigenvalue weighted by atomic mass is 32.2. The van der Waals surface area contributed by atoms with E-state index in [1.54, 1.807) is 23.5 Å². The highest BCUT2D eigenvalue weighted by Gasteiger charge is 2.25. The second kappa shape index (κ2) is 9.98.